The van der Waals surface area contributed by atoms with Gasteiger partial charge in [0.1, 0.15) is 5.78 Å². The number of halogens is 1. The van der Waals surface area contributed by atoms with E-state index in [0.29, 0.717) is 10.6 Å². The van der Waals surface area contributed by atoms with E-state index in [-0.39, 0.29) is 12.2 Å². The highest BCUT2D eigenvalue weighted by Crippen LogP contribution is 2.19. The molecule has 0 N–H and O–H groups in total. The first-order chi connectivity index (χ1) is 7.04. The molecule has 0 atom stereocenters. The number of esters is 1. The van der Waals surface area contributed by atoms with Crippen molar-refractivity contribution in [2.24, 2.45) is 0 Å². The fourth-order valence-corrected chi connectivity index (χ4v) is 1.45. The number of carbonyl (C=O) groups is 2. The van der Waals surface area contributed by atoms with Crippen LogP contribution in [-0.4, -0.2) is 18.9 Å². The lowest BCUT2D eigenvalue weighted by molar-refractivity contribution is -0.116. The van der Waals surface area contributed by atoms with Gasteiger partial charge in [-0.1, -0.05) is 17.7 Å². The number of Topliss-reactive ketones (excluding diaryl/α,β-unsaturated/α-hetero) is 1. The molecule has 0 aromatic heterocycles. The highest BCUT2D eigenvalue weighted by molar-refractivity contribution is 6.31. The van der Waals surface area contributed by atoms with Gasteiger partial charge in [0.05, 0.1) is 12.7 Å². The van der Waals surface area contributed by atoms with Crippen molar-refractivity contribution in [3.8, 4) is 0 Å². The van der Waals surface area contributed by atoms with Crippen LogP contribution in [0, 0.1) is 0 Å². The van der Waals surface area contributed by atoms with Crippen molar-refractivity contribution in [2.75, 3.05) is 7.11 Å². The van der Waals surface area contributed by atoms with Crippen molar-refractivity contribution in [2.45, 2.75) is 13.3 Å². The monoisotopic (exact) mass is 226 g/mol. The topological polar surface area (TPSA) is 43.4 Å². The van der Waals surface area contributed by atoms with Crippen molar-refractivity contribution >= 4 is 23.4 Å². The van der Waals surface area contributed by atoms with E-state index >= 15 is 0 Å². The zero-order valence-electron chi connectivity index (χ0n) is 8.54. The second-order valence-corrected chi connectivity index (χ2v) is 3.58. The minimum atomic E-state index is -0.439. The second kappa shape index (κ2) is 4.94. The standard InChI is InChI=1S/C11H11ClO3/c1-7(13)5-8-3-4-9(6-10(8)12)11(14)15-2/h3-4,6H,5H2,1-2H3. The van der Waals surface area contributed by atoms with Crippen LogP contribution in [0.25, 0.3) is 0 Å². The maximum absolute atomic E-state index is 11.2. The summed E-state index contributed by atoms with van der Waals surface area (Å²) in [6.07, 6.45) is 0.278. The predicted octanol–water partition coefficient (Wildman–Crippen LogP) is 2.26. The summed E-state index contributed by atoms with van der Waals surface area (Å²) in [5.74, 6) is -0.408. The average molecular weight is 227 g/mol. The Kier molecular flexibility index (Phi) is 3.86. The van der Waals surface area contributed by atoms with Crippen LogP contribution in [0.15, 0.2) is 18.2 Å². The van der Waals surface area contributed by atoms with Crippen LogP contribution >= 0.6 is 11.6 Å². The third kappa shape index (κ3) is 3.06. The number of hydrogen-bond donors (Lipinski definition) is 0. The minimum Gasteiger partial charge on any atom is -0.465 e. The average Bonchev–Trinajstić information content (AvgIpc) is 2.19. The smallest absolute Gasteiger partial charge is 0.337 e. The van der Waals surface area contributed by atoms with Crippen molar-refractivity contribution in [3.05, 3.63) is 34.3 Å². The number of benzene rings is 1. The first-order valence-electron chi connectivity index (χ1n) is 4.40. The van der Waals surface area contributed by atoms with Gasteiger partial charge < -0.3 is 4.74 Å². The van der Waals surface area contributed by atoms with Crippen LogP contribution in [0.4, 0.5) is 0 Å². The first-order valence-corrected chi connectivity index (χ1v) is 4.78. The molecule has 1 aromatic rings. The highest BCUT2D eigenvalue weighted by Gasteiger charge is 2.09. The van der Waals surface area contributed by atoms with Gasteiger partial charge in [0.15, 0.2) is 0 Å². The summed E-state index contributed by atoms with van der Waals surface area (Å²) in [5.41, 5.74) is 1.10. The quantitative estimate of drug-likeness (QED) is 0.743. The summed E-state index contributed by atoms with van der Waals surface area (Å²) in [4.78, 5) is 22.0. The van der Waals surface area contributed by atoms with Crippen LogP contribution in [-0.2, 0) is 16.0 Å². The Balaban J connectivity index is 2.97. The second-order valence-electron chi connectivity index (χ2n) is 3.18. The lowest BCUT2D eigenvalue weighted by Crippen LogP contribution is -2.03. The Bertz CT molecular complexity index is 399. The molecule has 4 heteroatoms. The molecule has 1 aromatic carbocycles. The molecule has 0 amide bonds. The van der Waals surface area contributed by atoms with E-state index in [4.69, 9.17) is 11.6 Å². The van der Waals surface area contributed by atoms with E-state index in [1.807, 2.05) is 0 Å². The molecule has 1 rings (SSSR count). The Morgan fingerprint density at radius 1 is 1.40 bits per heavy atom. The third-order valence-corrected chi connectivity index (χ3v) is 2.27. The number of rotatable bonds is 3. The number of methoxy groups -OCH3 is 1. The molecule has 0 bridgehead atoms. The number of ether oxygens (including phenoxy) is 1. The maximum atomic E-state index is 11.2. The Labute approximate surface area is 93.0 Å². The number of ketones is 1. The molecule has 3 nitrogen and oxygen atoms in total. The van der Waals surface area contributed by atoms with Crippen LogP contribution in [0.1, 0.15) is 22.8 Å². The first kappa shape index (κ1) is 11.7. The van der Waals surface area contributed by atoms with Crippen LogP contribution in [0.2, 0.25) is 5.02 Å². The Morgan fingerprint density at radius 3 is 2.53 bits per heavy atom. The van der Waals surface area contributed by atoms with Gasteiger partial charge in [-0.25, -0.2) is 4.79 Å². The van der Waals surface area contributed by atoms with E-state index in [2.05, 4.69) is 4.74 Å². The highest BCUT2D eigenvalue weighted by atomic mass is 35.5. The van der Waals surface area contributed by atoms with Gasteiger partial charge >= 0.3 is 5.97 Å². The SMILES string of the molecule is COC(=O)c1ccc(CC(C)=O)c(Cl)c1. The molecule has 0 aliphatic rings. The molecule has 80 valence electrons. The summed E-state index contributed by atoms with van der Waals surface area (Å²) in [6, 6.07) is 4.76. The van der Waals surface area contributed by atoms with E-state index in [0.717, 1.165) is 5.56 Å². The largest absolute Gasteiger partial charge is 0.465 e. The van der Waals surface area contributed by atoms with Crippen LogP contribution in [0.5, 0.6) is 0 Å². The van der Waals surface area contributed by atoms with Crippen molar-refractivity contribution in [1.82, 2.24) is 0 Å². The Morgan fingerprint density at radius 2 is 2.07 bits per heavy atom. The van der Waals surface area contributed by atoms with E-state index in [1.165, 1.54) is 20.1 Å². The maximum Gasteiger partial charge on any atom is 0.337 e. The zero-order chi connectivity index (χ0) is 11.4. The molecule has 0 radical (unpaired) electrons. The van der Waals surface area contributed by atoms with Gasteiger partial charge in [-0.3, -0.25) is 4.79 Å². The molecule has 0 saturated heterocycles. The summed E-state index contributed by atoms with van der Waals surface area (Å²) >= 11 is 5.91. The molecule has 0 heterocycles. The van der Waals surface area contributed by atoms with Crippen molar-refractivity contribution < 1.29 is 14.3 Å². The summed E-state index contributed by atoms with van der Waals surface area (Å²) in [6.45, 7) is 1.49. The molecule has 0 unspecified atom stereocenters. The Hall–Kier alpha value is -1.35. The summed E-state index contributed by atoms with van der Waals surface area (Å²) in [5, 5.41) is 0.410. The molecule has 0 aliphatic heterocycles. The predicted molar refractivity (Wildman–Crippen MR) is 57.2 cm³/mol. The molecule has 15 heavy (non-hydrogen) atoms. The third-order valence-electron chi connectivity index (χ3n) is 1.91. The molecule has 0 fully saturated rings. The van der Waals surface area contributed by atoms with E-state index < -0.39 is 5.97 Å². The molecular weight excluding hydrogens is 216 g/mol. The number of carbonyl (C=O) groups excluding carboxylic acids is 2. The van der Waals surface area contributed by atoms with Crippen LogP contribution in [0.3, 0.4) is 0 Å². The van der Waals surface area contributed by atoms with Gasteiger partial charge in [-0.2, -0.15) is 0 Å². The van der Waals surface area contributed by atoms with Gasteiger partial charge in [0, 0.05) is 11.4 Å². The van der Waals surface area contributed by atoms with E-state index in [9.17, 15) is 9.59 Å². The zero-order valence-corrected chi connectivity index (χ0v) is 9.30. The fraction of sp³-hybridized carbons (Fsp3) is 0.273. The normalized spacial score (nSPS) is 9.80. The van der Waals surface area contributed by atoms with E-state index in [1.54, 1.807) is 12.1 Å². The van der Waals surface area contributed by atoms with Gasteiger partial charge in [0.25, 0.3) is 0 Å². The number of hydrogen-bond acceptors (Lipinski definition) is 3. The summed E-state index contributed by atoms with van der Waals surface area (Å²) < 4.78 is 4.55. The molecular formula is C11H11ClO3. The van der Waals surface area contributed by atoms with Gasteiger partial charge in [0.2, 0.25) is 0 Å². The van der Waals surface area contributed by atoms with Crippen molar-refractivity contribution in [3.63, 3.8) is 0 Å². The molecule has 0 saturated carbocycles. The van der Waals surface area contributed by atoms with Crippen molar-refractivity contribution in [1.29, 1.82) is 0 Å². The fourth-order valence-electron chi connectivity index (χ4n) is 1.20. The minimum absolute atomic E-state index is 0.0303. The van der Waals surface area contributed by atoms with Crippen LogP contribution < -0.4 is 0 Å². The molecule has 0 aliphatic carbocycles. The lowest BCUT2D eigenvalue weighted by atomic mass is 10.1. The van der Waals surface area contributed by atoms with Gasteiger partial charge in [-0.05, 0) is 24.6 Å². The lowest BCUT2D eigenvalue weighted by Gasteiger charge is -2.04. The summed E-state index contributed by atoms with van der Waals surface area (Å²) in [7, 11) is 1.31. The molecule has 0 spiro atoms. The van der Waals surface area contributed by atoms with Gasteiger partial charge in [-0.15, -0.1) is 0 Å².